The number of benzene rings is 1. The van der Waals surface area contributed by atoms with E-state index in [1.54, 1.807) is 4.90 Å². The summed E-state index contributed by atoms with van der Waals surface area (Å²) in [6, 6.07) is 8.65. The second kappa shape index (κ2) is 5.98. The van der Waals surface area contributed by atoms with E-state index in [9.17, 15) is 4.79 Å². The van der Waals surface area contributed by atoms with Crippen molar-refractivity contribution in [1.29, 1.82) is 0 Å². The number of carbonyl (C=O) groups is 1. The lowest BCUT2D eigenvalue weighted by molar-refractivity contribution is -0.135. The molecule has 18 heavy (non-hydrogen) atoms. The highest BCUT2D eigenvalue weighted by molar-refractivity contribution is 5.77. The van der Waals surface area contributed by atoms with Gasteiger partial charge in [-0.05, 0) is 17.5 Å². The first-order chi connectivity index (χ1) is 8.74. The average Bonchev–Trinajstić information content (AvgIpc) is 2.46. The molecule has 1 heterocycles. The standard InChI is InChI=1S/C14H20N2O2/c1-2-11-3-5-12(6-4-11)13-9-16(8-7-15-13)14(18)10-17/h3-6,13,15,17H,2,7-10H2,1H3. The minimum Gasteiger partial charge on any atom is -0.387 e. The molecule has 1 aliphatic rings. The van der Waals surface area contributed by atoms with Gasteiger partial charge >= 0.3 is 0 Å². The van der Waals surface area contributed by atoms with Crippen LogP contribution in [0.5, 0.6) is 0 Å². The number of aliphatic hydroxyl groups is 1. The van der Waals surface area contributed by atoms with Crippen LogP contribution in [0, 0.1) is 0 Å². The second-order valence-electron chi connectivity index (χ2n) is 4.60. The van der Waals surface area contributed by atoms with Gasteiger partial charge in [-0.1, -0.05) is 31.2 Å². The Hall–Kier alpha value is -1.39. The van der Waals surface area contributed by atoms with Crippen molar-refractivity contribution < 1.29 is 9.90 Å². The summed E-state index contributed by atoms with van der Waals surface area (Å²) in [6.45, 7) is 3.80. The van der Waals surface area contributed by atoms with Crippen LogP contribution in [0.15, 0.2) is 24.3 Å². The highest BCUT2D eigenvalue weighted by Gasteiger charge is 2.23. The molecule has 4 heteroatoms. The Labute approximate surface area is 108 Å². The van der Waals surface area contributed by atoms with Crippen LogP contribution < -0.4 is 5.32 Å². The van der Waals surface area contributed by atoms with Gasteiger partial charge in [0.25, 0.3) is 0 Å². The third kappa shape index (κ3) is 2.89. The number of nitrogens with one attached hydrogen (secondary N) is 1. The molecule has 0 saturated carbocycles. The smallest absolute Gasteiger partial charge is 0.248 e. The molecule has 0 bridgehead atoms. The minimum absolute atomic E-state index is 0.167. The molecule has 1 fully saturated rings. The molecule has 0 aliphatic carbocycles. The highest BCUT2D eigenvalue weighted by Crippen LogP contribution is 2.18. The topological polar surface area (TPSA) is 52.6 Å². The Kier molecular flexibility index (Phi) is 4.33. The van der Waals surface area contributed by atoms with E-state index in [1.807, 2.05) is 0 Å². The number of amides is 1. The first-order valence-electron chi connectivity index (χ1n) is 6.45. The lowest BCUT2D eigenvalue weighted by Crippen LogP contribution is -2.49. The molecular formula is C14H20N2O2. The molecule has 1 atom stereocenters. The summed E-state index contributed by atoms with van der Waals surface area (Å²) in [5.41, 5.74) is 2.51. The maximum absolute atomic E-state index is 11.5. The summed E-state index contributed by atoms with van der Waals surface area (Å²) in [5, 5.41) is 12.3. The Balaban J connectivity index is 2.05. The van der Waals surface area contributed by atoms with Crippen LogP contribution >= 0.6 is 0 Å². The summed E-state index contributed by atoms with van der Waals surface area (Å²) >= 11 is 0. The molecule has 1 aliphatic heterocycles. The van der Waals surface area contributed by atoms with Crippen LogP contribution in [0.25, 0.3) is 0 Å². The molecule has 2 N–H and O–H groups in total. The van der Waals surface area contributed by atoms with E-state index in [0.717, 1.165) is 13.0 Å². The van der Waals surface area contributed by atoms with Crippen molar-refractivity contribution >= 4 is 5.91 Å². The quantitative estimate of drug-likeness (QED) is 0.828. The first-order valence-corrected chi connectivity index (χ1v) is 6.45. The Morgan fingerprint density at radius 3 is 2.78 bits per heavy atom. The number of aryl methyl sites for hydroxylation is 1. The second-order valence-corrected chi connectivity index (χ2v) is 4.60. The number of nitrogens with zero attached hydrogens (tertiary/aromatic N) is 1. The fraction of sp³-hybridized carbons (Fsp3) is 0.500. The van der Waals surface area contributed by atoms with Gasteiger partial charge in [0.05, 0.1) is 0 Å². The van der Waals surface area contributed by atoms with Gasteiger partial charge in [0.2, 0.25) is 5.91 Å². The van der Waals surface area contributed by atoms with Crippen molar-refractivity contribution in [2.24, 2.45) is 0 Å². The predicted molar refractivity (Wildman–Crippen MR) is 70.2 cm³/mol. The molecule has 1 saturated heterocycles. The SMILES string of the molecule is CCc1ccc(C2CN(C(=O)CO)CCN2)cc1. The molecule has 0 aromatic heterocycles. The Morgan fingerprint density at radius 2 is 2.17 bits per heavy atom. The van der Waals surface area contributed by atoms with Crippen molar-refractivity contribution in [1.82, 2.24) is 10.2 Å². The van der Waals surface area contributed by atoms with E-state index in [2.05, 4.69) is 36.5 Å². The zero-order chi connectivity index (χ0) is 13.0. The van der Waals surface area contributed by atoms with Gasteiger partial charge in [-0.3, -0.25) is 4.79 Å². The van der Waals surface area contributed by atoms with Gasteiger partial charge in [0.1, 0.15) is 6.61 Å². The van der Waals surface area contributed by atoms with E-state index >= 15 is 0 Å². The molecule has 4 nitrogen and oxygen atoms in total. The van der Waals surface area contributed by atoms with E-state index in [4.69, 9.17) is 5.11 Å². The van der Waals surface area contributed by atoms with Crippen molar-refractivity contribution in [3.8, 4) is 0 Å². The summed E-state index contributed by atoms with van der Waals surface area (Å²) in [4.78, 5) is 13.2. The van der Waals surface area contributed by atoms with Gasteiger partial charge in [-0.2, -0.15) is 0 Å². The highest BCUT2D eigenvalue weighted by atomic mass is 16.3. The lowest BCUT2D eigenvalue weighted by atomic mass is 10.0. The summed E-state index contributed by atoms with van der Waals surface area (Å²) in [5.74, 6) is -0.188. The monoisotopic (exact) mass is 248 g/mol. The van der Waals surface area contributed by atoms with Crippen molar-refractivity contribution in [2.45, 2.75) is 19.4 Å². The lowest BCUT2D eigenvalue weighted by Gasteiger charge is -2.33. The first kappa shape index (κ1) is 13.1. The molecule has 1 unspecified atom stereocenters. The molecule has 1 aromatic rings. The van der Waals surface area contributed by atoms with Gasteiger partial charge < -0.3 is 15.3 Å². The molecule has 98 valence electrons. The third-order valence-electron chi connectivity index (χ3n) is 3.45. The molecule has 1 aromatic carbocycles. The zero-order valence-corrected chi connectivity index (χ0v) is 10.7. The van der Waals surface area contributed by atoms with E-state index in [1.165, 1.54) is 11.1 Å². The van der Waals surface area contributed by atoms with Crippen molar-refractivity contribution in [3.63, 3.8) is 0 Å². The number of hydrogen-bond donors (Lipinski definition) is 2. The summed E-state index contributed by atoms with van der Waals surface area (Å²) in [7, 11) is 0. The normalized spacial score (nSPS) is 19.9. The van der Waals surface area contributed by atoms with Gasteiger partial charge in [0.15, 0.2) is 0 Å². The van der Waals surface area contributed by atoms with Crippen LogP contribution in [0.1, 0.15) is 24.1 Å². The van der Waals surface area contributed by atoms with Crippen LogP contribution in [-0.2, 0) is 11.2 Å². The molecular weight excluding hydrogens is 228 g/mol. The number of carbonyl (C=O) groups excluding carboxylic acids is 1. The maximum Gasteiger partial charge on any atom is 0.248 e. The minimum atomic E-state index is -0.401. The average molecular weight is 248 g/mol. The van der Waals surface area contributed by atoms with Crippen molar-refractivity contribution in [3.05, 3.63) is 35.4 Å². The Bertz CT molecular complexity index is 403. The number of piperazine rings is 1. The summed E-state index contributed by atoms with van der Waals surface area (Å²) in [6.07, 6.45) is 1.04. The molecule has 1 amide bonds. The van der Waals surface area contributed by atoms with Crippen molar-refractivity contribution in [2.75, 3.05) is 26.2 Å². The zero-order valence-electron chi connectivity index (χ0n) is 10.7. The third-order valence-corrected chi connectivity index (χ3v) is 3.45. The maximum atomic E-state index is 11.5. The van der Waals surface area contributed by atoms with E-state index < -0.39 is 6.61 Å². The van der Waals surface area contributed by atoms with Gasteiger partial charge in [-0.25, -0.2) is 0 Å². The summed E-state index contributed by atoms with van der Waals surface area (Å²) < 4.78 is 0. The molecule has 2 rings (SSSR count). The number of rotatable bonds is 3. The fourth-order valence-electron chi connectivity index (χ4n) is 2.29. The van der Waals surface area contributed by atoms with E-state index in [0.29, 0.717) is 13.1 Å². The molecule has 0 spiro atoms. The largest absolute Gasteiger partial charge is 0.387 e. The van der Waals surface area contributed by atoms with Crippen LogP contribution in [-0.4, -0.2) is 42.2 Å². The van der Waals surface area contributed by atoms with Crippen LogP contribution in [0.2, 0.25) is 0 Å². The predicted octanol–water partition coefficient (Wildman–Crippen LogP) is 0.714. The molecule has 0 radical (unpaired) electrons. The number of hydrogen-bond acceptors (Lipinski definition) is 3. The van der Waals surface area contributed by atoms with Crippen LogP contribution in [0.4, 0.5) is 0 Å². The van der Waals surface area contributed by atoms with Crippen LogP contribution in [0.3, 0.4) is 0 Å². The van der Waals surface area contributed by atoms with E-state index in [-0.39, 0.29) is 11.9 Å². The fourth-order valence-corrected chi connectivity index (χ4v) is 2.29. The number of aliphatic hydroxyl groups excluding tert-OH is 1. The van der Waals surface area contributed by atoms with Gasteiger partial charge in [-0.15, -0.1) is 0 Å². The Morgan fingerprint density at radius 1 is 1.44 bits per heavy atom. The van der Waals surface area contributed by atoms with Gasteiger partial charge in [0, 0.05) is 25.7 Å².